The zero-order valence-corrected chi connectivity index (χ0v) is 19.2. The average Bonchev–Trinajstić information content (AvgIpc) is 2.80. The van der Waals surface area contributed by atoms with Gasteiger partial charge in [0.15, 0.2) is 5.75 Å². The molecule has 0 saturated carbocycles. The Morgan fingerprint density at radius 1 is 0.879 bits per heavy atom. The number of azo groups is 1. The molecule has 0 heterocycles. The fourth-order valence-electron chi connectivity index (χ4n) is 3.13. The van der Waals surface area contributed by atoms with Crippen LogP contribution in [0, 0.1) is 0 Å². The summed E-state index contributed by atoms with van der Waals surface area (Å²) in [6, 6.07) is 19.8. The number of aromatic hydroxyl groups is 2. The Labute approximate surface area is 197 Å². The number of carbonyl (C=O) groups is 1. The third kappa shape index (κ3) is 4.71. The second-order valence-corrected chi connectivity index (χ2v) is 9.52. The summed E-state index contributed by atoms with van der Waals surface area (Å²) < 4.78 is 29.1. The summed E-state index contributed by atoms with van der Waals surface area (Å²) in [7, 11) is -3.96. The van der Waals surface area contributed by atoms with Gasteiger partial charge in [0.25, 0.3) is 15.9 Å². The Balaban J connectivity index is 1.76. The highest BCUT2D eigenvalue weighted by Crippen LogP contribution is 2.40. The van der Waals surface area contributed by atoms with Crippen molar-refractivity contribution in [2.75, 3.05) is 4.72 Å². The van der Waals surface area contributed by atoms with E-state index in [4.69, 9.17) is 0 Å². The van der Waals surface area contributed by atoms with Crippen LogP contribution in [0.4, 0.5) is 11.4 Å². The first-order chi connectivity index (χ1) is 15.8. The van der Waals surface area contributed by atoms with E-state index in [9.17, 15) is 23.4 Å². The summed E-state index contributed by atoms with van der Waals surface area (Å²) in [4.78, 5) is 12.4. The number of nitrogens with one attached hydrogen (secondary N) is 1. The Morgan fingerprint density at radius 2 is 1.52 bits per heavy atom. The van der Waals surface area contributed by atoms with Crippen LogP contribution in [-0.4, -0.2) is 24.5 Å². The van der Waals surface area contributed by atoms with Crippen molar-refractivity contribution in [1.29, 1.82) is 0 Å². The minimum absolute atomic E-state index is 0.0424. The number of hydrogen-bond donors (Lipinski definition) is 3. The summed E-state index contributed by atoms with van der Waals surface area (Å²) >= 11 is 3.27. The molecular formula is C23H16BrN3O5S. The number of carbonyl (C=O) groups excluding carboxylic acids is 1. The van der Waals surface area contributed by atoms with Crippen LogP contribution in [0.5, 0.6) is 11.5 Å². The summed E-state index contributed by atoms with van der Waals surface area (Å²) in [5, 5.41) is 28.6. The minimum Gasteiger partial charge on any atom is -0.507 e. The van der Waals surface area contributed by atoms with Gasteiger partial charge in [0.2, 0.25) is 0 Å². The first kappa shape index (κ1) is 22.4. The highest BCUT2D eigenvalue weighted by molar-refractivity contribution is 9.10. The topological polar surface area (TPSA) is 128 Å². The Bertz CT molecular complexity index is 1500. The normalized spacial score (nSPS) is 11.7. The van der Waals surface area contributed by atoms with Crippen LogP contribution in [0.15, 0.2) is 98.5 Å². The zero-order chi connectivity index (χ0) is 23.6. The monoisotopic (exact) mass is 525 g/mol. The van der Waals surface area contributed by atoms with E-state index in [1.165, 1.54) is 30.3 Å². The third-order valence-corrected chi connectivity index (χ3v) is 6.66. The largest absolute Gasteiger partial charge is 0.507 e. The molecule has 10 heteroatoms. The SMILES string of the molecule is O=C(N=Nc1cc(NS(=O)(=O)c2ccc(Br)cc2)c2ccccc2c1O)c1ccccc1O. The van der Waals surface area contributed by atoms with Crippen molar-refractivity contribution in [3.05, 3.63) is 88.9 Å². The quantitative estimate of drug-likeness (QED) is 0.226. The fraction of sp³-hybridized carbons (Fsp3) is 0. The molecule has 4 rings (SSSR count). The van der Waals surface area contributed by atoms with Crippen LogP contribution in [0.3, 0.4) is 0 Å². The van der Waals surface area contributed by atoms with Gasteiger partial charge in [-0.15, -0.1) is 10.2 Å². The standard InChI is InChI=1S/C23H16BrN3O5S/c24-14-9-11-15(12-10-14)33(31,32)27-19-13-20(22(29)17-6-2-1-5-16(17)19)25-26-23(30)18-7-3-4-8-21(18)28/h1-13,27-29H. The highest BCUT2D eigenvalue weighted by Gasteiger charge is 2.19. The van der Waals surface area contributed by atoms with Gasteiger partial charge >= 0.3 is 0 Å². The Morgan fingerprint density at radius 3 is 2.21 bits per heavy atom. The van der Waals surface area contributed by atoms with Crippen molar-refractivity contribution in [1.82, 2.24) is 0 Å². The lowest BCUT2D eigenvalue weighted by Gasteiger charge is -2.13. The molecule has 8 nitrogen and oxygen atoms in total. The number of sulfonamides is 1. The van der Waals surface area contributed by atoms with E-state index in [0.29, 0.717) is 10.8 Å². The molecule has 4 aromatic carbocycles. The summed E-state index contributed by atoms with van der Waals surface area (Å²) in [6.07, 6.45) is 0. The molecule has 0 spiro atoms. The van der Waals surface area contributed by atoms with Crippen molar-refractivity contribution in [3.8, 4) is 11.5 Å². The van der Waals surface area contributed by atoms with Crippen molar-refractivity contribution in [3.63, 3.8) is 0 Å². The van der Waals surface area contributed by atoms with Gasteiger partial charge < -0.3 is 10.2 Å². The molecular weight excluding hydrogens is 510 g/mol. The van der Waals surface area contributed by atoms with Gasteiger partial charge in [-0.2, -0.15) is 0 Å². The average molecular weight is 526 g/mol. The number of para-hydroxylation sites is 1. The number of nitrogens with zero attached hydrogens (tertiary/aromatic N) is 2. The molecule has 3 N–H and O–H groups in total. The van der Waals surface area contributed by atoms with Crippen LogP contribution < -0.4 is 4.72 Å². The van der Waals surface area contributed by atoms with Gasteiger partial charge in [0.05, 0.1) is 16.1 Å². The predicted molar refractivity (Wildman–Crippen MR) is 128 cm³/mol. The lowest BCUT2D eigenvalue weighted by molar-refractivity contribution is 0.0992. The molecule has 0 aliphatic heterocycles. The molecule has 4 aromatic rings. The molecule has 0 unspecified atom stereocenters. The highest BCUT2D eigenvalue weighted by atomic mass is 79.9. The van der Waals surface area contributed by atoms with Crippen molar-refractivity contribution >= 4 is 54.0 Å². The number of phenols is 2. The Kier molecular flexibility index (Phi) is 6.12. The van der Waals surface area contributed by atoms with Crippen molar-refractivity contribution in [2.45, 2.75) is 4.90 Å². The third-order valence-electron chi connectivity index (χ3n) is 4.75. The molecule has 1 amide bonds. The maximum atomic E-state index is 12.9. The van der Waals surface area contributed by atoms with E-state index in [1.54, 1.807) is 48.5 Å². The van der Waals surface area contributed by atoms with Crippen LogP contribution in [-0.2, 0) is 10.0 Å². The van der Waals surface area contributed by atoms with Crippen LogP contribution in [0.2, 0.25) is 0 Å². The summed E-state index contributed by atoms with van der Waals surface area (Å²) in [5.41, 5.74) is -0.0288. The molecule has 166 valence electrons. The number of benzene rings is 4. The minimum atomic E-state index is -3.96. The molecule has 0 saturated heterocycles. The lowest BCUT2D eigenvalue weighted by atomic mass is 10.1. The molecule has 33 heavy (non-hydrogen) atoms. The number of rotatable bonds is 5. The summed E-state index contributed by atoms with van der Waals surface area (Å²) in [6.45, 7) is 0. The van der Waals surface area contributed by atoms with Gasteiger partial charge in [0.1, 0.15) is 11.4 Å². The van der Waals surface area contributed by atoms with Crippen molar-refractivity contribution in [2.24, 2.45) is 10.2 Å². The molecule has 0 aromatic heterocycles. The number of halogens is 1. The van der Waals surface area contributed by atoms with Crippen LogP contribution in [0.1, 0.15) is 10.4 Å². The van der Waals surface area contributed by atoms with E-state index >= 15 is 0 Å². The molecule has 0 fully saturated rings. The van der Waals surface area contributed by atoms with E-state index in [0.717, 1.165) is 4.47 Å². The van der Waals surface area contributed by atoms with Crippen LogP contribution in [0.25, 0.3) is 10.8 Å². The van der Waals surface area contributed by atoms with Gasteiger partial charge in [-0.3, -0.25) is 9.52 Å². The maximum Gasteiger partial charge on any atom is 0.299 e. The number of hydrogen-bond acceptors (Lipinski definition) is 6. The second-order valence-electron chi connectivity index (χ2n) is 6.92. The first-order valence-corrected chi connectivity index (χ1v) is 11.8. The number of anilines is 1. The van der Waals surface area contributed by atoms with Gasteiger partial charge in [-0.05, 0) is 42.5 Å². The molecule has 0 radical (unpaired) electrons. The van der Waals surface area contributed by atoms with Crippen LogP contribution >= 0.6 is 15.9 Å². The number of fused-ring (bicyclic) bond motifs is 1. The smallest absolute Gasteiger partial charge is 0.299 e. The lowest BCUT2D eigenvalue weighted by Crippen LogP contribution is -2.13. The molecule has 0 aliphatic rings. The molecule has 0 bridgehead atoms. The fourth-order valence-corrected chi connectivity index (χ4v) is 4.47. The second kappa shape index (κ2) is 9.00. The van der Waals surface area contributed by atoms with E-state index in [2.05, 4.69) is 30.9 Å². The number of phenolic OH excluding ortho intramolecular Hbond substituents is 2. The number of amides is 1. The van der Waals surface area contributed by atoms with Gasteiger partial charge in [-0.1, -0.05) is 52.3 Å². The van der Waals surface area contributed by atoms with Gasteiger partial charge in [-0.25, -0.2) is 8.42 Å². The summed E-state index contributed by atoms with van der Waals surface area (Å²) in [5.74, 6) is -1.35. The molecule has 0 aliphatic carbocycles. The maximum absolute atomic E-state index is 12.9. The predicted octanol–water partition coefficient (Wildman–Crippen LogP) is 5.74. The van der Waals surface area contributed by atoms with E-state index in [1.807, 2.05) is 0 Å². The van der Waals surface area contributed by atoms with Crippen molar-refractivity contribution < 1.29 is 23.4 Å². The Hall–Kier alpha value is -3.76. The van der Waals surface area contributed by atoms with Gasteiger partial charge in [0, 0.05) is 15.2 Å². The first-order valence-electron chi connectivity index (χ1n) is 9.53. The molecule has 0 atom stereocenters. The van der Waals surface area contributed by atoms with E-state index in [-0.39, 0.29) is 33.3 Å². The zero-order valence-electron chi connectivity index (χ0n) is 16.8. The van der Waals surface area contributed by atoms with E-state index < -0.39 is 15.9 Å².